The molecule has 0 aliphatic carbocycles. The maximum absolute atomic E-state index is 4.94. The van der Waals surface area contributed by atoms with Crippen LogP contribution in [0.15, 0.2) is 4.99 Å². The van der Waals surface area contributed by atoms with E-state index in [0.717, 1.165) is 30.9 Å². The van der Waals surface area contributed by atoms with Crippen molar-refractivity contribution in [3.63, 3.8) is 0 Å². The standard InChI is InChI=1S/C19H38N4/c1-4-17(5-2)14-21-19(20-6-3)23-13-10-18(16-23)15-22-11-8-7-9-12-22/h17-18H,4-16H2,1-3H3,(H,20,21). The summed E-state index contributed by atoms with van der Waals surface area (Å²) in [6, 6.07) is 0. The fraction of sp³-hybridized carbons (Fsp3) is 0.947. The molecule has 2 aliphatic heterocycles. The van der Waals surface area contributed by atoms with E-state index in [1.165, 1.54) is 71.2 Å². The van der Waals surface area contributed by atoms with Crippen LogP contribution in [0.1, 0.15) is 59.3 Å². The molecule has 0 bridgehead atoms. The minimum absolute atomic E-state index is 0.732. The van der Waals surface area contributed by atoms with Gasteiger partial charge in [-0.25, -0.2) is 0 Å². The number of hydrogen-bond acceptors (Lipinski definition) is 2. The van der Waals surface area contributed by atoms with Gasteiger partial charge in [-0.3, -0.25) is 4.99 Å². The molecule has 0 aromatic carbocycles. The van der Waals surface area contributed by atoms with Crippen LogP contribution in [0.5, 0.6) is 0 Å². The van der Waals surface area contributed by atoms with Crippen molar-refractivity contribution < 1.29 is 0 Å². The summed E-state index contributed by atoms with van der Waals surface area (Å²) in [6.07, 6.45) is 8.02. The molecule has 0 aromatic heterocycles. The van der Waals surface area contributed by atoms with Crippen molar-refractivity contribution >= 4 is 5.96 Å². The van der Waals surface area contributed by atoms with Crippen LogP contribution >= 0.6 is 0 Å². The molecule has 4 heteroatoms. The summed E-state index contributed by atoms with van der Waals surface area (Å²) in [4.78, 5) is 10.1. The van der Waals surface area contributed by atoms with Crippen molar-refractivity contribution in [3.8, 4) is 0 Å². The number of likely N-dealkylation sites (tertiary alicyclic amines) is 2. The summed E-state index contributed by atoms with van der Waals surface area (Å²) < 4.78 is 0. The molecule has 0 aromatic rings. The zero-order valence-corrected chi connectivity index (χ0v) is 15.7. The molecule has 0 radical (unpaired) electrons. The van der Waals surface area contributed by atoms with Crippen LogP contribution in [0.4, 0.5) is 0 Å². The van der Waals surface area contributed by atoms with E-state index in [-0.39, 0.29) is 0 Å². The topological polar surface area (TPSA) is 30.9 Å². The molecular weight excluding hydrogens is 284 g/mol. The summed E-state index contributed by atoms with van der Waals surface area (Å²) in [7, 11) is 0. The molecule has 4 nitrogen and oxygen atoms in total. The van der Waals surface area contributed by atoms with Gasteiger partial charge in [0.1, 0.15) is 0 Å². The van der Waals surface area contributed by atoms with Gasteiger partial charge in [-0.05, 0) is 51.1 Å². The second-order valence-electron chi connectivity index (χ2n) is 7.34. The third kappa shape index (κ3) is 5.98. The highest BCUT2D eigenvalue weighted by Gasteiger charge is 2.27. The number of rotatable bonds is 7. The minimum Gasteiger partial charge on any atom is -0.357 e. The molecule has 2 heterocycles. The molecule has 2 aliphatic rings. The molecule has 134 valence electrons. The Bertz CT molecular complexity index is 345. The molecule has 2 rings (SSSR count). The van der Waals surface area contributed by atoms with E-state index in [1.807, 2.05) is 0 Å². The fourth-order valence-corrected chi connectivity index (χ4v) is 3.87. The van der Waals surface area contributed by atoms with Crippen LogP contribution in [0.25, 0.3) is 0 Å². The molecule has 0 spiro atoms. The monoisotopic (exact) mass is 322 g/mol. The van der Waals surface area contributed by atoms with E-state index in [4.69, 9.17) is 4.99 Å². The lowest BCUT2D eigenvalue weighted by Gasteiger charge is -2.29. The van der Waals surface area contributed by atoms with Crippen molar-refractivity contribution in [2.24, 2.45) is 16.8 Å². The zero-order valence-electron chi connectivity index (χ0n) is 15.7. The normalized spacial score (nSPS) is 23.7. The second kappa shape index (κ2) is 10.2. The number of piperidine rings is 1. The second-order valence-corrected chi connectivity index (χ2v) is 7.34. The van der Waals surface area contributed by atoms with Gasteiger partial charge < -0.3 is 15.1 Å². The van der Waals surface area contributed by atoms with Crippen molar-refractivity contribution in [3.05, 3.63) is 0 Å². The van der Waals surface area contributed by atoms with E-state index < -0.39 is 0 Å². The highest BCUT2D eigenvalue weighted by atomic mass is 15.3. The Labute approximate surface area is 143 Å². The molecule has 23 heavy (non-hydrogen) atoms. The summed E-state index contributed by atoms with van der Waals surface area (Å²) in [6.45, 7) is 15.0. The Morgan fingerprint density at radius 3 is 2.48 bits per heavy atom. The van der Waals surface area contributed by atoms with Gasteiger partial charge >= 0.3 is 0 Å². The predicted molar refractivity (Wildman–Crippen MR) is 100 cm³/mol. The van der Waals surface area contributed by atoms with Crippen molar-refractivity contribution in [1.29, 1.82) is 0 Å². The number of nitrogens with zero attached hydrogens (tertiary/aromatic N) is 3. The highest BCUT2D eigenvalue weighted by molar-refractivity contribution is 5.80. The number of guanidine groups is 1. The zero-order chi connectivity index (χ0) is 16.5. The molecule has 0 saturated carbocycles. The quantitative estimate of drug-likeness (QED) is 0.577. The Hall–Kier alpha value is -0.770. The summed E-state index contributed by atoms with van der Waals surface area (Å²) in [5.74, 6) is 2.71. The molecular formula is C19H38N4. The van der Waals surface area contributed by atoms with Crippen molar-refractivity contribution in [2.45, 2.75) is 59.3 Å². The predicted octanol–water partition coefficient (Wildman–Crippen LogP) is 3.20. The van der Waals surface area contributed by atoms with E-state index in [9.17, 15) is 0 Å². The SMILES string of the molecule is CCNC(=NCC(CC)CC)N1CCC(CN2CCCCC2)C1. The Kier molecular flexibility index (Phi) is 8.21. The van der Waals surface area contributed by atoms with Crippen molar-refractivity contribution in [1.82, 2.24) is 15.1 Å². The first-order chi connectivity index (χ1) is 11.3. The van der Waals surface area contributed by atoms with Crippen LogP contribution in [-0.4, -0.2) is 61.6 Å². The number of aliphatic imine (C=N–C) groups is 1. The largest absolute Gasteiger partial charge is 0.357 e. The van der Waals surface area contributed by atoms with Crippen LogP contribution < -0.4 is 5.32 Å². The smallest absolute Gasteiger partial charge is 0.193 e. The van der Waals surface area contributed by atoms with Gasteiger partial charge in [-0.15, -0.1) is 0 Å². The van der Waals surface area contributed by atoms with Gasteiger partial charge in [-0.1, -0.05) is 33.1 Å². The minimum atomic E-state index is 0.732. The van der Waals surface area contributed by atoms with Crippen LogP contribution in [0, 0.1) is 11.8 Å². The van der Waals surface area contributed by atoms with Gasteiger partial charge in [0.2, 0.25) is 0 Å². The van der Waals surface area contributed by atoms with E-state index in [1.54, 1.807) is 0 Å². The first-order valence-electron chi connectivity index (χ1n) is 10.0. The Balaban J connectivity index is 1.84. The third-order valence-electron chi connectivity index (χ3n) is 5.54. The van der Waals surface area contributed by atoms with Crippen LogP contribution in [0.3, 0.4) is 0 Å². The highest BCUT2D eigenvalue weighted by Crippen LogP contribution is 2.20. The molecule has 0 amide bonds. The Morgan fingerprint density at radius 2 is 1.83 bits per heavy atom. The number of nitrogens with one attached hydrogen (secondary N) is 1. The van der Waals surface area contributed by atoms with Crippen molar-refractivity contribution in [2.75, 3.05) is 45.8 Å². The Morgan fingerprint density at radius 1 is 1.09 bits per heavy atom. The van der Waals surface area contributed by atoms with E-state index in [0.29, 0.717) is 0 Å². The lowest BCUT2D eigenvalue weighted by atomic mass is 10.0. The molecule has 1 N–H and O–H groups in total. The van der Waals surface area contributed by atoms with Gasteiger partial charge in [-0.2, -0.15) is 0 Å². The van der Waals surface area contributed by atoms with E-state index in [2.05, 4.69) is 35.9 Å². The molecule has 1 unspecified atom stereocenters. The van der Waals surface area contributed by atoms with Gasteiger partial charge in [0.15, 0.2) is 5.96 Å². The lowest BCUT2D eigenvalue weighted by molar-refractivity contribution is 0.198. The maximum Gasteiger partial charge on any atom is 0.193 e. The first-order valence-corrected chi connectivity index (χ1v) is 10.0. The average molecular weight is 323 g/mol. The average Bonchev–Trinajstić information content (AvgIpc) is 3.04. The van der Waals surface area contributed by atoms with E-state index >= 15 is 0 Å². The van der Waals surface area contributed by atoms with Gasteiger partial charge in [0.25, 0.3) is 0 Å². The van der Waals surface area contributed by atoms with Gasteiger partial charge in [0, 0.05) is 32.7 Å². The summed E-state index contributed by atoms with van der Waals surface area (Å²) >= 11 is 0. The third-order valence-corrected chi connectivity index (χ3v) is 5.54. The molecule has 2 fully saturated rings. The summed E-state index contributed by atoms with van der Waals surface area (Å²) in [5.41, 5.74) is 0. The summed E-state index contributed by atoms with van der Waals surface area (Å²) in [5, 5.41) is 3.51. The van der Waals surface area contributed by atoms with Crippen LogP contribution in [-0.2, 0) is 0 Å². The lowest BCUT2D eigenvalue weighted by Crippen LogP contribution is -2.41. The molecule has 1 atom stereocenters. The first kappa shape index (κ1) is 18.6. The molecule has 2 saturated heterocycles. The van der Waals surface area contributed by atoms with Crippen LogP contribution in [0.2, 0.25) is 0 Å². The van der Waals surface area contributed by atoms with Gasteiger partial charge in [0.05, 0.1) is 0 Å². The number of hydrogen-bond donors (Lipinski definition) is 1. The maximum atomic E-state index is 4.94. The fourth-order valence-electron chi connectivity index (χ4n) is 3.87.